The molecule has 1 fully saturated rings. The lowest BCUT2D eigenvalue weighted by Crippen LogP contribution is -2.34. The number of primary amides is 1. The molecule has 0 saturated heterocycles. The lowest BCUT2D eigenvalue weighted by molar-refractivity contribution is -0.120. The smallest absolute Gasteiger partial charge is 0.239 e. The third-order valence-corrected chi connectivity index (χ3v) is 3.28. The van der Waals surface area contributed by atoms with Gasteiger partial charge in [0, 0.05) is 6.04 Å². The highest BCUT2D eigenvalue weighted by Crippen LogP contribution is 2.43. The molecule has 6 nitrogen and oxygen atoms in total. The Morgan fingerprint density at radius 1 is 1.47 bits per heavy atom. The average Bonchev–Trinajstić information content (AvgIpc) is 3.09. The van der Waals surface area contributed by atoms with Crippen molar-refractivity contribution in [1.29, 1.82) is 0 Å². The topological polar surface area (TPSA) is 82.8 Å². The van der Waals surface area contributed by atoms with Crippen molar-refractivity contribution in [2.24, 2.45) is 5.73 Å². The largest absolute Gasteiger partial charge is 0.493 e. The fourth-order valence-corrected chi connectivity index (χ4v) is 2.14. The van der Waals surface area contributed by atoms with Gasteiger partial charge in [-0.25, -0.2) is 0 Å². The van der Waals surface area contributed by atoms with E-state index in [1.165, 1.54) is 0 Å². The summed E-state index contributed by atoms with van der Waals surface area (Å²) in [5, 5.41) is 3.22. The second-order valence-corrected chi connectivity index (χ2v) is 4.73. The first kappa shape index (κ1) is 12.1. The van der Waals surface area contributed by atoms with Crippen molar-refractivity contribution in [3.05, 3.63) is 17.7 Å². The van der Waals surface area contributed by atoms with Crippen molar-refractivity contribution in [2.75, 3.05) is 13.9 Å². The van der Waals surface area contributed by atoms with Gasteiger partial charge in [-0.05, 0) is 30.5 Å². The molecular formula is C13H16N2O4. The van der Waals surface area contributed by atoms with Crippen LogP contribution in [0.25, 0.3) is 0 Å². The summed E-state index contributed by atoms with van der Waals surface area (Å²) in [7, 11) is 1.55. The summed E-state index contributed by atoms with van der Waals surface area (Å²) in [4.78, 5) is 11.6. The van der Waals surface area contributed by atoms with E-state index in [1.54, 1.807) is 19.2 Å². The number of nitrogens with one attached hydrogen (secondary N) is 1. The number of hydrogen-bond donors (Lipinski definition) is 2. The van der Waals surface area contributed by atoms with Gasteiger partial charge in [0.1, 0.15) is 6.04 Å². The third kappa shape index (κ3) is 2.31. The van der Waals surface area contributed by atoms with Crippen molar-refractivity contribution in [2.45, 2.75) is 24.9 Å². The molecule has 0 spiro atoms. The summed E-state index contributed by atoms with van der Waals surface area (Å²) in [6, 6.07) is 3.37. The first-order valence-corrected chi connectivity index (χ1v) is 6.22. The van der Waals surface area contributed by atoms with E-state index in [1.807, 2.05) is 0 Å². The minimum absolute atomic E-state index is 0.159. The van der Waals surface area contributed by atoms with Crippen LogP contribution in [0.2, 0.25) is 0 Å². The van der Waals surface area contributed by atoms with Gasteiger partial charge < -0.3 is 19.9 Å². The van der Waals surface area contributed by atoms with Crippen molar-refractivity contribution in [3.8, 4) is 17.2 Å². The van der Waals surface area contributed by atoms with Crippen LogP contribution in [0.15, 0.2) is 12.1 Å². The van der Waals surface area contributed by atoms with Crippen LogP contribution in [0.4, 0.5) is 0 Å². The van der Waals surface area contributed by atoms with Crippen LogP contribution in [0.3, 0.4) is 0 Å². The molecule has 1 aromatic carbocycles. The molecule has 1 atom stereocenters. The number of methoxy groups -OCH3 is 1. The zero-order chi connectivity index (χ0) is 13.4. The SMILES string of the molecule is COc1cc(C(NC2CC2)C(N)=O)cc2c1OCO2. The molecule has 19 heavy (non-hydrogen) atoms. The Morgan fingerprint density at radius 2 is 2.26 bits per heavy atom. The molecule has 0 bridgehead atoms. The molecule has 1 aliphatic heterocycles. The number of ether oxygens (including phenoxy) is 3. The molecular weight excluding hydrogens is 248 g/mol. The van der Waals surface area contributed by atoms with Crippen LogP contribution >= 0.6 is 0 Å². The van der Waals surface area contributed by atoms with Crippen molar-refractivity contribution in [1.82, 2.24) is 5.32 Å². The summed E-state index contributed by atoms with van der Waals surface area (Å²) in [5.74, 6) is 1.29. The Kier molecular flexibility index (Phi) is 2.94. The third-order valence-electron chi connectivity index (χ3n) is 3.28. The highest BCUT2D eigenvalue weighted by atomic mass is 16.7. The number of carbonyl (C=O) groups excluding carboxylic acids is 1. The number of nitrogens with two attached hydrogens (primary N) is 1. The maximum absolute atomic E-state index is 11.6. The predicted molar refractivity (Wildman–Crippen MR) is 67.2 cm³/mol. The van der Waals surface area contributed by atoms with Crippen molar-refractivity contribution in [3.63, 3.8) is 0 Å². The van der Waals surface area contributed by atoms with Crippen LogP contribution in [0.1, 0.15) is 24.4 Å². The summed E-state index contributed by atoms with van der Waals surface area (Å²) in [6.45, 7) is 0.159. The number of fused-ring (bicyclic) bond motifs is 1. The molecule has 102 valence electrons. The number of carbonyl (C=O) groups is 1. The first-order chi connectivity index (χ1) is 9.19. The Balaban J connectivity index is 1.95. The van der Waals surface area contributed by atoms with E-state index in [2.05, 4.69) is 5.32 Å². The van der Waals surface area contributed by atoms with Gasteiger partial charge in [0.25, 0.3) is 0 Å². The molecule has 0 radical (unpaired) electrons. The lowest BCUT2D eigenvalue weighted by atomic mass is 10.0. The molecule has 1 aromatic rings. The van der Waals surface area contributed by atoms with Crippen LogP contribution in [-0.2, 0) is 4.79 Å². The Labute approximate surface area is 110 Å². The average molecular weight is 264 g/mol. The standard InChI is InChI=1S/C13H16N2O4/c1-17-9-4-7(5-10-12(9)19-6-18-10)11(13(14)16)15-8-2-3-8/h4-5,8,11,15H,2-3,6H2,1H3,(H2,14,16). The van der Waals surface area contributed by atoms with E-state index in [0.29, 0.717) is 23.3 Å². The molecule has 1 saturated carbocycles. The van der Waals surface area contributed by atoms with E-state index >= 15 is 0 Å². The molecule has 2 aliphatic rings. The maximum Gasteiger partial charge on any atom is 0.239 e. The first-order valence-electron chi connectivity index (χ1n) is 6.22. The van der Waals surface area contributed by atoms with Crippen LogP contribution in [-0.4, -0.2) is 25.9 Å². The van der Waals surface area contributed by atoms with Gasteiger partial charge in [0.05, 0.1) is 7.11 Å². The van der Waals surface area contributed by atoms with Crippen molar-refractivity contribution >= 4 is 5.91 Å². The van der Waals surface area contributed by atoms with Gasteiger partial charge >= 0.3 is 0 Å². The molecule has 3 N–H and O–H groups in total. The maximum atomic E-state index is 11.6. The summed E-state index contributed by atoms with van der Waals surface area (Å²) < 4.78 is 15.9. The number of benzene rings is 1. The summed E-state index contributed by atoms with van der Waals surface area (Å²) in [6.07, 6.45) is 2.15. The van der Waals surface area contributed by atoms with Gasteiger partial charge in [-0.15, -0.1) is 0 Å². The van der Waals surface area contributed by atoms with Gasteiger partial charge in [0.15, 0.2) is 11.5 Å². The quantitative estimate of drug-likeness (QED) is 0.818. The summed E-state index contributed by atoms with van der Waals surface area (Å²) in [5.41, 5.74) is 6.20. The number of hydrogen-bond acceptors (Lipinski definition) is 5. The second kappa shape index (κ2) is 4.62. The minimum atomic E-state index is -0.532. The van der Waals surface area contributed by atoms with E-state index in [-0.39, 0.29) is 6.79 Å². The molecule has 1 amide bonds. The van der Waals surface area contributed by atoms with Crippen LogP contribution < -0.4 is 25.3 Å². The van der Waals surface area contributed by atoms with Crippen LogP contribution in [0, 0.1) is 0 Å². The highest BCUT2D eigenvalue weighted by Gasteiger charge is 2.30. The van der Waals surface area contributed by atoms with E-state index in [4.69, 9.17) is 19.9 Å². The van der Waals surface area contributed by atoms with Crippen LogP contribution in [0.5, 0.6) is 17.2 Å². The van der Waals surface area contributed by atoms with Gasteiger partial charge in [-0.1, -0.05) is 0 Å². The molecule has 0 aromatic heterocycles. The second-order valence-electron chi connectivity index (χ2n) is 4.73. The van der Waals surface area contributed by atoms with E-state index in [0.717, 1.165) is 18.4 Å². The number of amides is 1. The Morgan fingerprint density at radius 3 is 2.89 bits per heavy atom. The monoisotopic (exact) mass is 264 g/mol. The van der Waals surface area contributed by atoms with Gasteiger partial charge in [-0.2, -0.15) is 0 Å². The summed E-state index contributed by atoms with van der Waals surface area (Å²) >= 11 is 0. The van der Waals surface area contributed by atoms with Crippen molar-refractivity contribution < 1.29 is 19.0 Å². The fourth-order valence-electron chi connectivity index (χ4n) is 2.14. The molecule has 1 aliphatic carbocycles. The Hall–Kier alpha value is -1.95. The molecule has 1 unspecified atom stereocenters. The Bertz CT molecular complexity index is 514. The lowest BCUT2D eigenvalue weighted by Gasteiger charge is -2.17. The molecule has 6 heteroatoms. The fraction of sp³-hybridized carbons (Fsp3) is 0.462. The van der Waals surface area contributed by atoms with E-state index in [9.17, 15) is 4.79 Å². The van der Waals surface area contributed by atoms with Gasteiger partial charge in [0.2, 0.25) is 18.4 Å². The zero-order valence-corrected chi connectivity index (χ0v) is 10.6. The molecule has 1 heterocycles. The zero-order valence-electron chi connectivity index (χ0n) is 10.6. The number of rotatable bonds is 5. The highest BCUT2D eigenvalue weighted by molar-refractivity contribution is 5.82. The molecule has 3 rings (SSSR count). The van der Waals surface area contributed by atoms with Gasteiger partial charge in [-0.3, -0.25) is 10.1 Å². The normalized spacial score (nSPS) is 18.2. The van der Waals surface area contributed by atoms with E-state index < -0.39 is 11.9 Å². The predicted octanol–water partition coefficient (Wildman–Crippen LogP) is 0.702. The minimum Gasteiger partial charge on any atom is -0.493 e.